The molecule has 4 N–H and O–H groups in total. The van der Waals surface area contributed by atoms with Gasteiger partial charge in [0.05, 0.1) is 12.0 Å². The second kappa shape index (κ2) is 10.3. The van der Waals surface area contributed by atoms with Crippen LogP contribution in [-0.2, 0) is 4.79 Å². The Morgan fingerprint density at radius 2 is 1.72 bits per heavy atom. The molecule has 0 bridgehead atoms. The Labute approximate surface area is 225 Å². The molecule has 1 amide bonds. The molecule has 4 atom stereocenters. The number of carbonyl (C=O) groups is 1. The number of amides is 1. The van der Waals surface area contributed by atoms with Crippen molar-refractivity contribution in [3.05, 3.63) is 89.6 Å². The monoisotopic (exact) mass is 524 g/mol. The van der Waals surface area contributed by atoms with Crippen molar-refractivity contribution in [3.8, 4) is 11.8 Å². The second-order valence-corrected chi connectivity index (χ2v) is 9.45. The molecule has 1 fully saturated rings. The minimum absolute atomic E-state index is 0.0206. The Hall–Kier alpha value is -4.56. The highest BCUT2D eigenvalue weighted by molar-refractivity contribution is 5.88. The number of aromatic nitrogens is 4. The van der Waals surface area contributed by atoms with Crippen molar-refractivity contribution in [1.82, 2.24) is 29.7 Å². The molecule has 1 aliphatic rings. The highest BCUT2D eigenvalue weighted by Crippen LogP contribution is 2.40. The average molecular weight is 525 g/mol. The molecule has 10 heteroatoms. The molecule has 2 aromatic heterocycles. The Balaban J connectivity index is 1.67. The number of likely N-dealkylation sites (tertiary alicyclic amines) is 1. The lowest BCUT2D eigenvalue weighted by molar-refractivity contribution is -0.136. The van der Waals surface area contributed by atoms with Crippen LogP contribution in [0.15, 0.2) is 67.0 Å². The predicted molar refractivity (Wildman–Crippen MR) is 146 cm³/mol. The van der Waals surface area contributed by atoms with E-state index in [2.05, 4.69) is 32.1 Å². The number of likely N-dealkylation sites (N-methyl/N-ethyl adjacent to an activating group) is 2. The van der Waals surface area contributed by atoms with Crippen molar-refractivity contribution in [2.75, 3.05) is 14.1 Å². The molecule has 10 nitrogen and oxygen atoms in total. The number of benzene rings is 2. The lowest BCUT2D eigenvalue weighted by Gasteiger charge is -2.34. The van der Waals surface area contributed by atoms with Gasteiger partial charge in [-0.15, -0.1) is 0 Å². The van der Waals surface area contributed by atoms with Crippen LogP contribution in [0.3, 0.4) is 0 Å². The van der Waals surface area contributed by atoms with Crippen molar-refractivity contribution in [1.29, 1.82) is 0 Å². The third-order valence-electron chi connectivity index (χ3n) is 7.19. The molecule has 5 rings (SSSR count). The summed E-state index contributed by atoms with van der Waals surface area (Å²) in [7, 11) is 3.12. The van der Waals surface area contributed by atoms with E-state index in [0.29, 0.717) is 22.4 Å². The van der Waals surface area contributed by atoms with E-state index in [-0.39, 0.29) is 11.6 Å². The zero-order valence-electron chi connectivity index (χ0n) is 21.6. The zero-order valence-corrected chi connectivity index (χ0v) is 21.6. The van der Waals surface area contributed by atoms with Gasteiger partial charge in [0.1, 0.15) is 35.2 Å². The van der Waals surface area contributed by atoms with Crippen molar-refractivity contribution < 1.29 is 20.1 Å². The minimum atomic E-state index is -1.41. The first-order chi connectivity index (χ1) is 18.8. The molecule has 2 unspecified atom stereocenters. The summed E-state index contributed by atoms with van der Waals surface area (Å²) in [5.74, 6) is 5.72. The molecule has 0 radical (unpaired) electrons. The fraction of sp³-hybridized carbons (Fsp3) is 0.241. The predicted octanol–water partition coefficient (Wildman–Crippen LogP) is 1.95. The highest BCUT2D eigenvalue weighted by Gasteiger charge is 2.59. The molecule has 0 saturated carbocycles. The van der Waals surface area contributed by atoms with Gasteiger partial charge in [-0.25, -0.2) is 15.0 Å². The largest absolute Gasteiger partial charge is 0.507 e. The van der Waals surface area contributed by atoms with Crippen LogP contribution in [0.5, 0.6) is 0 Å². The zero-order chi connectivity index (χ0) is 27.7. The molecule has 3 heterocycles. The molecule has 1 aliphatic heterocycles. The van der Waals surface area contributed by atoms with Crippen LogP contribution in [0, 0.1) is 11.8 Å². The quantitative estimate of drug-likeness (QED) is 0.235. The number of rotatable bonds is 4. The van der Waals surface area contributed by atoms with Crippen molar-refractivity contribution >= 4 is 28.9 Å². The van der Waals surface area contributed by atoms with E-state index in [1.54, 1.807) is 35.6 Å². The smallest absolute Gasteiger partial charge is 0.242 e. The minimum Gasteiger partial charge on any atom is -0.507 e. The van der Waals surface area contributed by atoms with E-state index in [9.17, 15) is 20.1 Å². The Kier molecular flexibility index (Phi) is 6.89. The van der Waals surface area contributed by atoms with Gasteiger partial charge in [0.15, 0.2) is 5.65 Å². The molecule has 1 saturated heterocycles. The Bertz CT molecular complexity index is 1610. The number of fused-ring (bicyclic) bond motifs is 1. The van der Waals surface area contributed by atoms with Gasteiger partial charge in [-0.2, -0.15) is 0 Å². The maximum atomic E-state index is 12.7. The lowest BCUT2D eigenvalue weighted by atomic mass is 9.94. The maximum absolute atomic E-state index is 12.7. The summed E-state index contributed by atoms with van der Waals surface area (Å²) in [6.07, 6.45) is -0.637. The van der Waals surface area contributed by atoms with E-state index in [1.807, 2.05) is 48.5 Å². The summed E-state index contributed by atoms with van der Waals surface area (Å²) in [4.78, 5) is 28.0. The number of hydrogen-bond acceptors (Lipinski definition) is 8. The standard InChI is InChI=1S/C29H28N6O4/c1-29(28(39)30-2)25(38)24(37)27(34(29)3)35-17-31-23-20(16-21(36)19-12-8-5-9-13-19)32-22(33-26(23)35)15-14-18-10-6-4-7-11-18/h4-13,16-17,24-25,27,36-38H,1-3H3,(H,30,39)/b21-16-/t24-,25?,27+,29?/m1/s1. The van der Waals surface area contributed by atoms with Gasteiger partial charge in [0.25, 0.3) is 0 Å². The maximum Gasteiger partial charge on any atom is 0.242 e. The van der Waals surface area contributed by atoms with Crippen LogP contribution in [0.25, 0.3) is 23.0 Å². The molecule has 4 aromatic rings. The van der Waals surface area contributed by atoms with Gasteiger partial charge < -0.3 is 20.6 Å². The van der Waals surface area contributed by atoms with Crippen LogP contribution in [0.1, 0.15) is 35.7 Å². The first-order valence-corrected chi connectivity index (χ1v) is 12.3. The van der Waals surface area contributed by atoms with Crippen LogP contribution >= 0.6 is 0 Å². The number of aliphatic hydroxyl groups is 3. The van der Waals surface area contributed by atoms with E-state index in [1.165, 1.54) is 19.5 Å². The lowest BCUT2D eigenvalue weighted by Crippen LogP contribution is -2.57. The summed E-state index contributed by atoms with van der Waals surface area (Å²) in [6, 6.07) is 18.4. The van der Waals surface area contributed by atoms with E-state index < -0.39 is 29.8 Å². The van der Waals surface area contributed by atoms with Gasteiger partial charge in [-0.3, -0.25) is 14.3 Å². The summed E-state index contributed by atoms with van der Waals surface area (Å²) in [6.45, 7) is 1.57. The molecule has 2 aromatic carbocycles. The molecular weight excluding hydrogens is 496 g/mol. The second-order valence-electron chi connectivity index (χ2n) is 9.45. The molecular formula is C29H28N6O4. The molecule has 198 valence electrons. The Morgan fingerprint density at radius 3 is 2.38 bits per heavy atom. The van der Waals surface area contributed by atoms with Crippen LogP contribution < -0.4 is 5.32 Å². The number of imidazole rings is 1. The fourth-order valence-electron chi connectivity index (χ4n) is 4.87. The summed E-state index contributed by atoms with van der Waals surface area (Å²) in [5, 5.41) is 35.4. The van der Waals surface area contributed by atoms with E-state index >= 15 is 0 Å². The SMILES string of the molecule is CNC(=O)C1(C)C(O)[C@@H](O)[C@H](n2cnc3c(/C=C(\O)c4ccccc4)nc(C#Cc4ccccc4)nc32)N1C. The number of nitrogens with zero attached hydrogens (tertiary/aromatic N) is 5. The fourth-order valence-corrected chi connectivity index (χ4v) is 4.87. The molecule has 0 aliphatic carbocycles. The van der Waals surface area contributed by atoms with Crippen molar-refractivity contribution in [2.45, 2.75) is 30.8 Å². The first kappa shape index (κ1) is 26.1. The summed E-state index contributed by atoms with van der Waals surface area (Å²) in [5.41, 5.74) is 0.949. The van der Waals surface area contributed by atoms with Gasteiger partial charge >= 0.3 is 0 Å². The summed E-state index contributed by atoms with van der Waals surface area (Å²) < 4.78 is 1.59. The average Bonchev–Trinajstić information content (AvgIpc) is 3.45. The number of nitrogens with one attached hydrogen (secondary N) is 1. The number of hydrogen-bond donors (Lipinski definition) is 4. The van der Waals surface area contributed by atoms with Gasteiger partial charge in [-0.1, -0.05) is 54.5 Å². The van der Waals surface area contributed by atoms with E-state index in [4.69, 9.17) is 0 Å². The third kappa shape index (κ3) is 4.53. The first-order valence-electron chi connectivity index (χ1n) is 12.3. The van der Waals surface area contributed by atoms with Crippen molar-refractivity contribution in [3.63, 3.8) is 0 Å². The van der Waals surface area contributed by atoms with Gasteiger partial charge in [0, 0.05) is 24.3 Å². The third-order valence-corrected chi connectivity index (χ3v) is 7.19. The highest BCUT2D eigenvalue weighted by atomic mass is 16.3. The Morgan fingerprint density at radius 1 is 1.05 bits per heavy atom. The van der Waals surface area contributed by atoms with Crippen LogP contribution in [0.4, 0.5) is 0 Å². The number of carbonyl (C=O) groups excluding carboxylic acids is 1. The van der Waals surface area contributed by atoms with Gasteiger partial charge in [0.2, 0.25) is 11.7 Å². The molecule has 39 heavy (non-hydrogen) atoms. The van der Waals surface area contributed by atoms with E-state index in [0.717, 1.165) is 5.56 Å². The van der Waals surface area contributed by atoms with Crippen LogP contribution in [-0.4, -0.2) is 77.5 Å². The van der Waals surface area contributed by atoms with Gasteiger partial charge in [-0.05, 0) is 32.0 Å². The summed E-state index contributed by atoms with van der Waals surface area (Å²) >= 11 is 0. The van der Waals surface area contributed by atoms with Crippen molar-refractivity contribution in [2.24, 2.45) is 0 Å². The number of aliphatic hydroxyl groups excluding tert-OH is 3. The topological polar surface area (TPSA) is 137 Å². The molecule has 0 spiro atoms. The van der Waals surface area contributed by atoms with Crippen LogP contribution in [0.2, 0.25) is 0 Å². The normalized spacial score (nSPS) is 23.4.